The van der Waals surface area contributed by atoms with Gasteiger partial charge in [0.15, 0.2) is 0 Å². The molecule has 6 nitrogen and oxygen atoms in total. The van der Waals surface area contributed by atoms with Gasteiger partial charge in [-0.3, -0.25) is 9.69 Å². The van der Waals surface area contributed by atoms with E-state index in [0.717, 1.165) is 29.2 Å². The van der Waals surface area contributed by atoms with Gasteiger partial charge in [-0.2, -0.15) is 4.98 Å². The number of likely N-dealkylation sites (tertiary alicyclic amines) is 1. The standard InChI is InChI=1S/C24H27ClN4O2/c25-20-12-5-4-11-19(20)21(29-15-6-7-16-29)17-26-22(30)13-8-14-23-27-24(28-31-23)18-9-2-1-3-10-18/h1-5,9-12,21H,6-8,13-17H2,(H,26,30). The first-order valence-corrected chi connectivity index (χ1v) is 11.2. The van der Waals surface area contributed by atoms with Crippen LogP contribution in [0.4, 0.5) is 0 Å². The van der Waals surface area contributed by atoms with Gasteiger partial charge in [-0.25, -0.2) is 0 Å². The van der Waals surface area contributed by atoms with Crippen LogP contribution in [0.3, 0.4) is 0 Å². The van der Waals surface area contributed by atoms with Crippen LogP contribution < -0.4 is 5.32 Å². The number of rotatable bonds is 9. The molecule has 1 unspecified atom stereocenters. The van der Waals surface area contributed by atoms with Crippen molar-refractivity contribution < 1.29 is 9.32 Å². The molecule has 4 rings (SSSR count). The van der Waals surface area contributed by atoms with Crippen LogP contribution in [0.1, 0.15) is 43.2 Å². The lowest BCUT2D eigenvalue weighted by atomic mass is 10.1. The largest absolute Gasteiger partial charge is 0.354 e. The Balaban J connectivity index is 1.27. The van der Waals surface area contributed by atoms with E-state index in [0.29, 0.717) is 37.5 Å². The topological polar surface area (TPSA) is 71.3 Å². The van der Waals surface area contributed by atoms with Crippen LogP contribution in [0.25, 0.3) is 11.4 Å². The minimum absolute atomic E-state index is 0.0269. The Hall–Kier alpha value is -2.70. The van der Waals surface area contributed by atoms with Crippen LogP contribution >= 0.6 is 11.6 Å². The number of carbonyl (C=O) groups excluding carboxylic acids is 1. The summed E-state index contributed by atoms with van der Waals surface area (Å²) in [5.74, 6) is 1.16. The van der Waals surface area contributed by atoms with Crippen LogP contribution in [-0.2, 0) is 11.2 Å². The second-order valence-electron chi connectivity index (χ2n) is 7.82. The van der Waals surface area contributed by atoms with E-state index in [1.807, 2.05) is 48.5 Å². The van der Waals surface area contributed by atoms with E-state index in [2.05, 4.69) is 26.4 Å². The molecule has 0 radical (unpaired) electrons. The molecule has 1 amide bonds. The van der Waals surface area contributed by atoms with Gasteiger partial charge >= 0.3 is 0 Å². The fourth-order valence-corrected chi connectivity index (χ4v) is 4.26. The number of nitrogens with one attached hydrogen (secondary N) is 1. The molecule has 0 saturated carbocycles. The van der Waals surface area contributed by atoms with E-state index in [-0.39, 0.29) is 11.9 Å². The van der Waals surface area contributed by atoms with E-state index in [1.54, 1.807) is 0 Å². The number of hydrogen-bond acceptors (Lipinski definition) is 5. The zero-order valence-corrected chi connectivity index (χ0v) is 18.2. The predicted octanol–water partition coefficient (Wildman–Crippen LogP) is 4.67. The average Bonchev–Trinajstić information content (AvgIpc) is 3.48. The van der Waals surface area contributed by atoms with Crippen molar-refractivity contribution in [3.8, 4) is 11.4 Å². The van der Waals surface area contributed by atoms with Crippen molar-refractivity contribution in [3.05, 3.63) is 71.1 Å². The summed E-state index contributed by atoms with van der Waals surface area (Å²) in [7, 11) is 0. The Bertz CT molecular complexity index is 986. The highest BCUT2D eigenvalue weighted by Crippen LogP contribution is 2.29. The van der Waals surface area contributed by atoms with Crippen LogP contribution in [-0.4, -0.2) is 40.6 Å². The van der Waals surface area contributed by atoms with Crippen LogP contribution in [0, 0.1) is 0 Å². The lowest BCUT2D eigenvalue weighted by molar-refractivity contribution is -0.121. The molecule has 162 valence electrons. The van der Waals surface area contributed by atoms with Crippen molar-refractivity contribution in [2.45, 2.75) is 38.1 Å². The molecule has 0 bridgehead atoms. The molecule has 1 aromatic heterocycles. The third-order valence-electron chi connectivity index (χ3n) is 5.63. The quantitative estimate of drug-likeness (QED) is 0.525. The normalized spacial score (nSPS) is 15.1. The number of aromatic nitrogens is 2. The SMILES string of the molecule is O=C(CCCc1nc(-c2ccccc2)no1)NCC(c1ccccc1Cl)N1CCCC1. The number of aryl methyl sites for hydroxylation is 1. The zero-order chi connectivity index (χ0) is 21.5. The van der Waals surface area contributed by atoms with Crippen LogP contribution in [0.2, 0.25) is 5.02 Å². The van der Waals surface area contributed by atoms with Crippen LogP contribution in [0.15, 0.2) is 59.1 Å². The lowest BCUT2D eigenvalue weighted by Gasteiger charge is -2.29. The lowest BCUT2D eigenvalue weighted by Crippen LogP contribution is -2.36. The maximum atomic E-state index is 12.5. The highest BCUT2D eigenvalue weighted by atomic mass is 35.5. The summed E-state index contributed by atoms with van der Waals surface area (Å²) < 4.78 is 5.32. The van der Waals surface area contributed by atoms with Gasteiger partial charge in [0.05, 0.1) is 6.04 Å². The van der Waals surface area contributed by atoms with Crippen LogP contribution in [0.5, 0.6) is 0 Å². The molecule has 7 heteroatoms. The van der Waals surface area contributed by atoms with Gasteiger partial charge in [0.2, 0.25) is 17.6 Å². The molecule has 1 atom stereocenters. The minimum Gasteiger partial charge on any atom is -0.354 e. The van der Waals surface area contributed by atoms with Gasteiger partial charge in [-0.1, -0.05) is 65.3 Å². The average molecular weight is 439 g/mol. The molecule has 0 spiro atoms. The van der Waals surface area contributed by atoms with Crippen molar-refractivity contribution >= 4 is 17.5 Å². The number of amides is 1. The molecule has 1 saturated heterocycles. The number of benzene rings is 2. The Labute approximate surface area is 187 Å². The number of halogens is 1. The second-order valence-corrected chi connectivity index (χ2v) is 8.22. The maximum Gasteiger partial charge on any atom is 0.226 e. The Kier molecular flexibility index (Phi) is 7.33. The van der Waals surface area contributed by atoms with Gasteiger partial charge < -0.3 is 9.84 Å². The third-order valence-corrected chi connectivity index (χ3v) is 5.98. The van der Waals surface area contributed by atoms with E-state index in [4.69, 9.17) is 16.1 Å². The maximum absolute atomic E-state index is 12.5. The second kappa shape index (κ2) is 10.6. The van der Waals surface area contributed by atoms with Gasteiger partial charge in [0, 0.05) is 30.0 Å². The van der Waals surface area contributed by atoms with Crippen molar-refractivity contribution in [1.82, 2.24) is 20.4 Å². The van der Waals surface area contributed by atoms with E-state index in [9.17, 15) is 4.79 Å². The molecule has 1 aliphatic heterocycles. The van der Waals surface area contributed by atoms with Gasteiger partial charge in [0.25, 0.3) is 0 Å². The number of nitrogens with zero attached hydrogens (tertiary/aromatic N) is 3. The summed E-state index contributed by atoms with van der Waals surface area (Å²) in [6.45, 7) is 2.63. The number of carbonyl (C=O) groups is 1. The van der Waals surface area contributed by atoms with E-state index in [1.165, 1.54) is 12.8 Å². The fraction of sp³-hybridized carbons (Fsp3) is 0.375. The molecular formula is C24H27ClN4O2. The van der Waals surface area contributed by atoms with Gasteiger partial charge in [-0.05, 0) is 44.0 Å². The molecule has 31 heavy (non-hydrogen) atoms. The Morgan fingerprint density at radius 3 is 2.61 bits per heavy atom. The molecule has 3 aromatic rings. The van der Waals surface area contributed by atoms with Gasteiger partial charge in [-0.15, -0.1) is 0 Å². The van der Waals surface area contributed by atoms with Crippen molar-refractivity contribution in [2.24, 2.45) is 0 Å². The molecule has 1 aliphatic rings. The molecule has 2 aromatic carbocycles. The molecular weight excluding hydrogens is 412 g/mol. The smallest absolute Gasteiger partial charge is 0.226 e. The van der Waals surface area contributed by atoms with Crippen molar-refractivity contribution in [2.75, 3.05) is 19.6 Å². The zero-order valence-electron chi connectivity index (χ0n) is 17.5. The first-order valence-electron chi connectivity index (χ1n) is 10.8. The summed E-state index contributed by atoms with van der Waals surface area (Å²) in [4.78, 5) is 19.3. The molecule has 2 heterocycles. The molecule has 0 aliphatic carbocycles. The van der Waals surface area contributed by atoms with E-state index >= 15 is 0 Å². The molecule has 1 fully saturated rings. The summed E-state index contributed by atoms with van der Waals surface area (Å²) in [5, 5.41) is 7.87. The fourth-order valence-electron chi connectivity index (χ4n) is 3.99. The predicted molar refractivity (Wildman–Crippen MR) is 121 cm³/mol. The Morgan fingerprint density at radius 2 is 1.84 bits per heavy atom. The highest BCUT2D eigenvalue weighted by molar-refractivity contribution is 6.31. The first kappa shape index (κ1) is 21.5. The van der Waals surface area contributed by atoms with Crippen molar-refractivity contribution in [3.63, 3.8) is 0 Å². The molecule has 1 N–H and O–H groups in total. The first-order chi connectivity index (χ1) is 15.2. The third kappa shape index (κ3) is 5.71. The van der Waals surface area contributed by atoms with E-state index < -0.39 is 0 Å². The van der Waals surface area contributed by atoms with Crippen molar-refractivity contribution in [1.29, 1.82) is 0 Å². The number of hydrogen-bond donors (Lipinski definition) is 1. The highest BCUT2D eigenvalue weighted by Gasteiger charge is 2.25. The minimum atomic E-state index is 0.0269. The van der Waals surface area contributed by atoms with Gasteiger partial charge in [0.1, 0.15) is 0 Å². The summed E-state index contributed by atoms with van der Waals surface area (Å²) in [5.41, 5.74) is 1.99. The summed E-state index contributed by atoms with van der Waals surface area (Å²) in [6, 6.07) is 17.7. The monoisotopic (exact) mass is 438 g/mol. The summed E-state index contributed by atoms with van der Waals surface area (Å²) in [6.07, 6.45) is 4.02. The Morgan fingerprint density at radius 1 is 1.10 bits per heavy atom. The summed E-state index contributed by atoms with van der Waals surface area (Å²) >= 11 is 6.45.